The molecule has 25 heavy (non-hydrogen) atoms. The second-order valence-electron chi connectivity index (χ2n) is 5.22. The van der Waals surface area contributed by atoms with Crippen LogP contribution < -0.4 is 5.56 Å². The molecule has 0 radical (unpaired) electrons. The summed E-state index contributed by atoms with van der Waals surface area (Å²) in [5, 5.41) is 15.7. The van der Waals surface area contributed by atoms with Crippen molar-refractivity contribution in [3.8, 4) is 0 Å². The number of aryl methyl sites for hydroxylation is 1. The van der Waals surface area contributed by atoms with E-state index in [9.17, 15) is 14.9 Å². The van der Waals surface area contributed by atoms with Crippen LogP contribution in [0.3, 0.4) is 0 Å². The van der Waals surface area contributed by atoms with E-state index in [1.54, 1.807) is 30.3 Å². The minimum Gasteiger partial charge on any atom is -0.267 e. The molecule has 0 spiro atoms. The zero-order valence-corrected chi connectivity index (χ0v) is 14.8. The standard InChI is InChI=1S/C17H13BrN4O3/c1-2-16-20-14-8-7-12(18)9-13(14)17(23)21(16)19-10-11-5-3-4-6-15(11)22(24)25/h3-10H,2H2,1H3. The first kappa shape index (κ1) is 17.0. The Kier molecular flexibility index (Phi) is 4.71. The van der Waals surface area contributed by atoms with E-state index in [-0.39, 0.29) is 11.2 Å². The van der Waals surface area contributed by atoms with Gasteiger partial charge >= 0.3 is 0 Å². The van der Waals surface area contributed by atoms with Gasteiger partial charge in [0.05, 0.1) is 27.6 Å². The van der Waals surface area contributed by atoms with E-state index >= 15 is 0 Å². The van der Waals surface area contributed by atoms with Gasteiger partial charge in [-0.05, 0) is 24.3 Å². The summed E-state index contributed by atoms with van der Waals surface area (Å²) < 4.78 is 1.95. The number of halogens is 1. The van der Waals surface area contributed by atoms with Gasteiger partial charge in [0.25, 0.3) is 11.2 Å². The molecule has 1 aromatic heterocycles. The summed E-state index contributed by atoms with van der Waals surface area (Å²) in [4.78, 5) is 27.8. The van der Waals surface area contributed by atoms with Crippen LogP contribution in [0.2, 0.25) is 0 Å². The average molecular weight is 401 g/mol. The molecule has 3 rings (SSSR count). The molecule has 3 aromatic rings. The Bertz CT molecular complexity index is 1060. The predicted molar refractivity (Wildman–Crippen MR) is 99.2 cm³/mol. The van der Waals surface area contributed by atoms with E-state index in [4.69, 9.17) is 0 Å². The minimum atomic E-state index is -0.486. The topological polar surface area (TPSA) is 90.4 Å². The minimum absolute atomic E-state index is 0.0751. The van der Waals surface area contributed by atoms with Crippen LogP contribution in [0.5, 0.6) is 0 Å². The van der Waals surface area contributed by atoms with Crippen molar-refractivity contribution < 1.29 is 4.92 Å². The maximum absolute atomic E-state index is 12.8. The van der Waals surface area contributed by atoms with Crippen molar-refractivity contribution in [3.63, 3.8) is 0 Å². The Morgan fingerprint density at radius 3 is 2.80 bits per heavy atom. The van der Waals surface area contributed by atoms with Crippen molar-refractivity contribution in [1.82, 2.24) is 9.66 Å². The highest BCUT2D eigenvalue weighted by atomic mass is 79.9. The zero-order valence-electron chi connectivity index (χ0n) is 13.2. The van der Waals surface area contributed by atoms with Crippen molar-refractivity contribution in [2.45, 2.75) is 13.3 Å². The van der Waals surface area contributed by atoms with E-state index in [0.29, 0.717) is 28.7 Å². The molecule has 0 saturated carbocycles. The molecule has 0 aliphatic rings. The molecule has 8 heteroatoms. The van der Waals surface area contributed by atoms with Crippen LogP contribution >= 0.6 is 15.9 Å². The molecular formula is C17H13BrN4O3. The Morgan fingerprint density at radius 2 is 2.08 bits per heavy atom. The van der Waals surface area contributed by atoms with Gasteiger partial charge < -0.3 is 0 Å². The van der Waals surface area contributed by atoms with Crippen molar-refractivity contribution >= 4 is 38.7 Å². The largest absolute Gasteiger partial charge is 0.282 e. The number of nitro benzene ring substituents is 1. The van der Waals surface area contributed by atoms with Crippen LogP contribution in [0.1, 0.15) is 18.3 Å². The van der Waals surface area contributed by atoms with Gasteiger partial charge in [0.15, 0.2) is 0 Å². The second-order valence-corrected chi connectivity index (χ2v) is 6.14. The average Bonchev–Trinajstić information content (AvgIpc) is 2.61. The summed E-state index contributed by atoms with van der Waals surface area (Å²) in [5.74, 6) is 0.481. The molecule has 0 atom stereocenters. The fourth-order valence-electron chi connectivity index (χ4n) is 2.43. The maximum atomic E-state index is 12.8. The summed E-state index contributed by atoms with van der Waals surface area (Å²) in [6.45, 7) is 1.86. The number of nitrogens with zero attached hydrogens (tertiary/aromatic N) is 4. The molecule has 0 saturated heterocycles. The second kappa shape index (κ2) is 6.94. The highest BCUT2D eigenvalue weighted by Gasteiger charge is 2.12. The highest BCUT2D eigenvalue weighted by molar-refractivity contribution is 9.10. The van der Waals surface area contributed by atoms with Crippen molar-refractivity contribution in [2.24, 2.45) is 5.10 Å². The van der Waals surface area contributed by atoms with Gasteiger partial charge in [0.2, 0.25) is 0 Å². The quantitative estimate of drug-likeness (QED) is 0.380. The van der Waals surface area contributed by atoms with Gasteiger partial charge in [-0.2, -0.15) is 9.78 Å². The Morgan fingerprint density at radius 1 is 1.32 bits per heavy atom. The molecule has 0 bridgehead atoms. The van der Waals surface area contributed by atoms with Gasteiger partial charge in [-0.3, -0.25) is 14.9 Å². The smallest absolute Gasteiger partial charge is 0.267 e. The van der Waals surface area contributed by atoms with Crippen molar-refractivity contribution in [2.75, 3.05) is 0 Å². The molecule has 0 fully saturated rings. The molecule has 0 N–H and O–H groups in total. The molecule has 0 unspecified atom stereocenters. The number of fused-ring (bicyclic) bond motifs is 1. The Balaban J connectivity index is 2.17. The van der Waals surface area contributed by atoms with Crippen LogP contribution in [0.15, 0.2) is 56.8 Å². The number of aromatic nitrogens is 2. The third-order valence-electron chi connectivity index (χ3n) is 3.64. The lowest BCUT2D eigenvalue weighted by Gasteiger charge is -2.07. The summed E-state index contributed by atoms with van der Waals surface area (Å²) in [6, 6.07) is 11.5. The van der Waals surface area contributed by atoms with Crippen LogP contribution in [0, 0.1) is 10.1 Å². The van der Waals surface area contributed by atoms with Gasteiger partial charge in [-0.1, -0.05) is 35.0 Å². The third kappa shape index (κ3) is 3.34. The third-order valence-corrected chi connectivity index (χ3v) is 4.13. The first-order valence-electron chi connectivity index (χ1n) is 7.50. The summed E-state index contributed by atoms with van der Waals surface area (Å²) >= 11 is 3.34. The molecule has 126 valence electrons. The monoisotopic (exact) mass is 400 g/mol. The van der Waals surface area contributed by atoms with Gasteiger partial charge in [-0.25, -0.2) is 4.98 Å². The van der Waals surface area contributed by atoms with Crippen LogP contribution in [0.25, 0.3) is 10.9 Å². The fraction of sp³-hybridized carbons (Fsp3) is 0.118. The number of para-hydroxylation sites is 1. The number of benzene rings is 2. The van der Waals surface area contributed by atoms with Crippen molar-refractivity contribution in [1.29, 1.82) is 0 Å². The fourth-order valence-corrected chi connectivity index (χ4v) is 2.79. The van der Waals surface area contributed by atoms with E-state index in [1.807, 2.05) is 13.0 Å². The van der Waals surface area contributed by atoms with E-state index in [0.717, 1.165) is 4.47 Å². The zero-order chi connectivity index (χ0) is 18.0. The maximum Gasteiger partial charge on any atom is 0.282 e. The van der Waals surface area contributed by atoms with Crippen LogP contribution in [-0.2, 0) is 6.42 Å². The molecule has 0 aliphatic heterocycles. The summed E-state index contributed by atoms with van der Waals surface area (Å²) in [6.07, 6.45) is 1.81. The lowest BCUT2D eigenvalue weighted by Crippen LogP contribution is -2.22. The van der Waals surface area contributed by atoms with Crippen LogP contribution in [-0.4, -0.2) is 20.8 Å². The van der Waals surface area contributed by atoms with E-state index in [2.05, 4.69) is 26.0 Å². The molecule has 0 aliphatic carbocycles. The highest BCUT2D eigenvalue weighted by Crippen LogP contribution is 2.17. The Labute approximate surface area is 150 Å². The van der Waals surface area contributed by atoms with Crippen LogP contribution in [0.4, 0.5) is 5.69 Å². The van der Waals surface area contributed by atoms with Gasteiger partial charge in [-0.15, -0.1) is 0 Å². The molecular weight excluding hydrogens is 388 g/mol. The number of nitro groups is 1. The van der Waals surface area contributed by atoms with Gasteiger partial charge in [0, 0.05) is 17.0 Å². The summed E-state index contributed by atoms with van der Waals surface area (Å²) in [7, 11) is 0. The predicted octanol–water partition coefficient (Wildman–Crippen LogP) is 3.51. The first-order chi connectivity index (χ1) is 12.0. The lowest BCUT2D eigenvalue weighted by molar-refractivity contribution is -0.385. The van der Waals surface area contributed by atoms with Gasteiger partial charge in [0.1, 0.15) is 5.82 Å². The SMILES string of the molecule is CCc1nc2ccc(Br)cc2c(=O)n1N=Cc1ccccc1[N+](=O)[O-]. The molecule has 7 nitrogen and oxygen atoms in total. The lowest BCUT2D eigenvalue weighted by atomic mass is 10.2. The van der Waals surface area contributed by atoms with Crippen molar-refractivity contribution in [3.05, 3.63) is 78.8 Å². The summed E-state index contributed by atoms with van der Waals surface area (Å²) in [5.41, 5.74) is 0.504. The van der Waals surface area contributed by atoms with E-state index < -0.39 is 4.92 Å². The number of hydrogen-bond acceptors (Lipinski definition) is 5. The van der Waals surface area contributed by atoms with E-state index in [1.165, 1.54) is 17.0 Å². The first-order valence-corrected chi connectivity index (χ1v) is 8.29. The number of hydrogen-bond donors (Lipinski definition) is 0. The normalized spacial score (nSPS) is 11.3. The molecule has 1 heterocycles. The Hall–Kier alpha value is -2.87. The molecule has 2 aromatic carbocycles. The number of rotatable bonds is 4. The molecule has 0 amide bonds.